The van der Waals surface area contributed by atoms with E-state index >= 15 is 0 Å². The normalized spacial score (nSPS) is 15.7. The molecule has 1 fully saturated rings. The van der Waals surface area contributed by atoms with Crippen molar-refractivity contribution in [1.29, 1.82) is 0 Å². The zero-order chi connectivity index (χ0) is 15.2. The fourth-order valence-corrected chi connectivity index (χ4v) is 2.52. The molecule has 0 radical (unpaired) electrons. The summed E-state index contributed by atoms with van der Waals surface area (Å²) >= 11 is 0. The van der Waals surface area contributed by atoms with Gasteiger partial charge in [0.05, 0.1) is 5.56 Å². The Morgan fingerprint density at radius 3 is 2.62 bits per heavy atom. The lowest BCUT2D eigenvalue weighted by molar-refractivity contribution is 0.0583. The molecule has 5 nitrogen and oxygen atoms in total. The zero-order valence-corrected chi connectivity index (χ0v) is 12.2. The fraction of sp³-hybridized carbons (Fsp3) is 0.500. The van der Waals surface area contributed by atoms with Crippen LogP contribution in [0.4, 0.5) is 0 Å². The fourth-order valence-electron chi connectivity index (χ4n) is 2.52. The number of rotatable bonds is 5. The summed E-state index contributed by atoms with van der Waals surface area (Å²) in [5, 5.41) is 8.97. The molecule has 0 saturated carbocycles. The van der Waals surface area contributed by atoms with E-state index in [0.29, 0.717) is 18.0 Å². The average Bonchev–Trinajstić information content (AvgIpc) is 2.53. The van der Waals surface area contributed by atoms with E-state index in [9.17, 15) is 9.59 Å². The molecule has 114 valence electrons. The van der Waals surface area contributed by atoms with E-state index in [2.05, 4.69) is 0 Å². The van der Waals surface area contributed by atoms with Crippen LogP contribution < -0.4 is 0 Å². The van der Waals surface area contributed by atoms with Gasteiger partial charge in [0.1, 0.15) is 0 Å². The van der Waals surface area contributed by atoms with Crippen LogP contribution in [0.3, 0.4) is 0 Å². The van der Waals surface area contributed by atoms with Gasteiger partial charge in [-0.15, -0.1) is 0 Å². The second-order valence-corrected chi connectivity index (χ2v) is 5.46. The first-order valence-electron chi connectivity index (χ1n) is 7.24. The number of amides is 1. The molecule has 5 heteroatoms. The molecule has 0 spiro atoms. The Bertz CT molecular complexity index is 509. The number of carbonyl (C=O) groups excluding carboxylic acids is 1. The van der Waals surface area contributed by atoms with Gasteiger partial charge in [0.2, 0.25) is 0 Å². The van der Waals surface area contributed by atoms with Gasteiger partial charge in [-0.3, -0.25) is 4.79 Å². The lowest BCUT2D eigenvalue weighted by Gasteiger charge is -2.25. The third kappa shape index (κ3) is 4.29. The van der Waals surface area contributed by atoms with Crippen LogP contribution in [0.5, 0.6) is 0 Å². The first-order valence-corrected chi connectivity index (χ1v) is 7.24. The first kappa shape index (κ1) is 15.5. The molecule has 0 atom stereocenters. The van der Waals surface area contributed by atoms with Gasteiger partial charge in [-0.2, -0.15) is 0 Å². The molecule has 1 saturated heterocycles. The molecule has 1 aromatic rings. The van der Waals surface area contributed by atoms with Crippen LogP contribution in [0.25, 0.3) is 0 Å². The highest BCUT2D eigenvalue weighted by atomic mass is 16.5. The van der Waals surface area contributed by atoms with Crippen molar-refractivity contribution in [3.63, 3.8) is 0 Å². The summed E-state index contributed by atoms with van der Waals surface area (Å²) in [5.74, 6) is -0.543. The van der Waals surface area contributed by atoms with E-state index in [-0.39, 0.29) is 11.5 Å². The van der Waals surface area contributed by atoms with Crippen LogP contribution in [0.2, 0.25) is 0 Å². The molecule has 0 aliphatic carbocycles. The highest BCUT2D eigenvalue weighted by molar-refractivity contribution is 5.97. The molecular weight excluding hydrogens is 270 g/mol. The Hall–Kier alpha value is -1.88. The highest BCUT2D eigenvalue weighted by Crippen LogP contribution is 2.19. The number of aromatic carboxylic acids is 1. The van der Waals surface area contributed by atoms with E-state index in [1.54, 1.807) is 24.1 Å². The van der Waals surface area contributed by atoms with Crippen molar-refractivity contribution in [2.24, 2.45) is 5.92 Å². The number of carboxylic acids is 1. The Labute approximate surface area is 124 Å². The van der Waals surface area contributed by atoms with Gasteiger partial charge in [-0.25, -0.2) is 4.79 Å². The Morgan fingerprint density at radius 1 is 1.29 bits per heavy atom. The number of benzene rings is 1. The van der Waals surface area contributed by atoms with E-state index in [4.69, 9.17) is 9.84 Å². The molecule has 1 aliphatic rings. The number of hydrogen-bond donors (Lipinski definition) is 1. The molecular formula is C16H21NO4. The van der Waals surface area contributed by atoms with Gasteiger partial charge in [0, 0.05) is 32.4 Å². The predicted molar refractivity (Wildman–Crippen MR) is 78.5 cm³/mol. The second-order valence-electron chi connectivity index (χ2n) is 5.46. The average molecular weight is 291 g/mol. The SMILES string of the molecule is CN(CCC1CCOCC1)C(=O)c1cccc(C(=O)O)c1. The summed E-state index contributed by atoms with van der Waals surface area (Å²) in [6.45, 7) is 2.30. The summed E-state index contributed by atoms with van der Waals surface area (Å²) in [4.78, 5) is 24.9. The molecule has 21 heavy (non-hydrogen) atoms. The maximum atomic E-state index is 12.3. The molecule has 0 bridgehead atoms. The summed E-state index contributed by atoms with van der Waals surface area (Å²) < 4.78 is 5.32. The predicted octanol–water partition coefficient (Wildman–Crippen LogP) is 2.27. The molecule has 1 aliphatic heterocycles. The van der Waals surface area contributed by atoms with Crippen molar-refractivity contribution in [3.05, 3.63) is 35.4 Å². The van der Waals surface area contributed by atoms with Crippen molar-refractivity contribution >= 4 is 11.9 Å². The maximum Gasteiger partial charge on any atom is 0.335 e. The molecule has 1 N–H and O–H groups in total. The lowest BCUT2D eigenvalue weighted by Crippen LogP contribution is -2.30. The van der Waals surface area contributed by atoms with E-state index in [1.807, 2.05) is 0 Å². The number of ether oxygens (including phenoxy) is 1. The van der Waals surface area contributed by atoms with Gasteiger partial charge in [0.25, 0.3) is 5.91 Å². The van der Waals surface area contributed by atoms with Crippen LogP contribution in [-0.4, -0.2) is 48.7 Å². The van der Waals surface area contributed by atoms with E-state index in [0.717, 1.165) is 32.5 Å². The van der Waals surface area contributed by atoms with Crippen LogP contribution in [-0.2, 0) is 4.74 Å². The second kappa shape index (κ2) is 7.22. The Morgan fingerprint density at radius 2 is 1.95 bits per heavy atom. The van der Waals surface area contributed by atoms with Crippen LogP contribution >= 0.6 is 0 Å². The van der Waals surface area contributed by atoms with Crippen molar-refractivity contribution in [2.75, 3.05) is 26.8 Å². The minimum absolute atomic E-state index is 0.134. The summed E-state index contributed by atoms with van der Waals surface area (Å²) in [6.07, 6.45) is 3.07. The van der Waals surface area contributed by atoms with Crippen molar-refractivity contribution in [2.45, 2.75) is 19.3 Å². The maximum absolute atomic E-state index is 12.3. The zero-order valence-electron chi connectivity index (χ0n) is 12.2. The highest BCUT2D eigenvalue weighted by Gasteiger charge is 2.17. The molecule has 0 aromatic heterocycles. The quantitative estimate of drug-likeness (QED) is 0.903. The smallest absolute Gasteiger partial charge is 0.335 e. The van der Waals surface area contributed by atoms with Gasteiger partial charge in [-0.05, 0) is 43.4 Å². The van der Waals surface area contributed by atoms with Crippen LogP contribution in [0.1, 0.15) is 40.0 Å². The Kier molecular flexibility index (Phi) is 5.33. The summed E-state index contributed by atoms with van der Waals surface area (Å²) in [6, 6.07) is 6.17. The monoisotopic (exact) mass is 291 g/mol. The molecule has 2 rings (SSSR count). The topological polar surface area (TPSA) is 66.8 Å². The van der Waals surface area contributed by atoms with E-state index < -0.39 is 5.97 Å². The first-order chi connectivity index (χ1) is 10.1. The molecule has 0 unspecified atom stereocenters. The van der Waals surface area contributed by atoms with Crippen molar-refractivity contribution < 1.29 is 19.4 Å². The minimum atomic E-state index is -1.02. The number of carboxylic acid groups (broad SMARTS) is 1. The third-order valence-corrected chi connectivity index (χ3v) is 3.92. The summed E-state index contributed by atoms with van der Waals surface area (Å²) in [5.41, 5.74) is 0.558. The minimum Gasteiger partial charge on any atom is -0.478 e. The van der Waals surface area contributed by atoms with Gasteiger partial charge < -0.3 is 14.7 Å². The molecule has 1 aromatic carbocycles. The van der Waals surface area contributed by atoms with Crippen molar-refractivity contribution in [1.82, 2.24) is 4.90 Å². The number of nitrogens with zero attached hydrogens (tertiary/aromatic N) is 1. The number of carbonyl (C=O) groups is 2. The van der Waals surface area contributed by atoms with E-state index in [1.165, 1.54) is 12.1 Å². The molecule has 1 amide bonds. The Balaban J connectivity index is 1.92. The van der Waals surface area contributed by atoms with Gasteiger partial charge >= 0.3 is 5.97 Å². The lowest BCUT2D eigenvalue weighted by atomic mass is 9.96. The van der Waals surface area contributed by atoms with Crippen molar-refractivity contribution in [3.8, 4) is 0 Å². The summed E-state index contributed by atoms with van der Waals surface area (Å²) in [7, 11) is 1.76. The number of hydrogen-bond acceptors (Lipinski definition) is 3. The third-order valence-electron chi connectivity index (χ3n) is 3.92. The standard InChI is InChI=1S/C16H21NO4/c1-17(8-5-12-6-9-21-10-7-12)15(18)13-3-2-4-14(11-13)16(19)20/h2-4,11-12H,5-10H2,1H3,(H,19,20). The van der Waals surface area contributed by atoms with Crippen LogP contribution in [0.15, 0.2) is 24.3 Å². The molecule has 1 heterocycles. The van der Waals surface area contributed by atoms with Gasteiger partial charge in [0.15, 0.2) is 0 Å². The van der Waals surface area contributed by atoms with Gasteiger partial charge in [-0.1, -0.05) is 6.07 Å². The largest absolute Gasteiger partial charge is 0.478 e. The van der Waals surface area contributed by atoms with Crippen LogP contribution in [0, 0.1) is 5.92 Å².